The van der Waals surface area contributed by atoms with E-state index in [0.717, 1.165) is 0 Å². The molecule has 15 heavy (non-hydrogen) atoms. The van der Waals surface area contributed by atoms with E-state index in [1.54, 1.807) is 12.1 Å². The summed E-state index contributed by atoms with van der Waals surface area (Å²) in [6.45, 7) is 0.843. The Morgan fingerprint density at radius 3 is 2.67 bits per heavy atom. The molecular weight excluding hydrogens is 220 g/mol. The summed E-state index contributed by atoms with van der Waals surface area (Å²) >= 11 is 5.79. The zero-order valence-corrected chi connectivity index (χ0v) is 8.75. The fourth-order valence-corrected chi connectivity index (χ4v) is 1.40. The lowest BCUT2D eigenvalue weighted by Gasteiger charge is -2.08. The highest BCUT2D eigenvalue weighted by atomic mass is 35.5. The van der Waals surface area contributed by atoms with Gasteiger partial charge in [-0.25, -0.2) is 4.79 Å². The average molecular weight is 229 g/mol. The first-order valence-electron chi connectivity index (χ1n) is 4.16. The minimum Gasteiger partial charge on any atom is -0.481 e. The van der Waals surface area contributed by atoms with Gasteiger partial charge in [0.1, 0.15) is 5.75 Å². The molecule has 0 radical (unpaired) electrons. The number of halogens is 1. The topological polar surface area (TPSA) is 63.6 Å². The molecule has 1 aromatic carbocycles. The van der Waals surface area contributed by atoms with Gasteiger partial charge in [0.25, 0.3) is 0 Å². The van der Waals surface area contributed by atoms with Gasteiger partial charge < -0.3 is 9.84 Å². The maximum absolute atomic E-state index is 11.2. The molecular formula is C10H9ClO4. The van der Waals surface area contributed by atoms with Gasteiger partial charge >= 0.3 is 5.97 Å². The van der Waals surface area contributed by atoms with E-state index in [4.69, 9.17) is 21.4 Å². The standard InChI is InChI=1S/C10H9ClO4/c1-6(12)10-7(11)3-2-4-8(10)15-5-9(13)14/h2-4H,5H2,1H3,(H,13,14). The van der Waals surface area contributed by atoms with Gasteiger partial charge in [-0.05, 0) is 19.1 Å². The van der Waals surface area contributed by atoms with Crippen molar-refractivity contribution in [3.05, 3.63) is 28.8 Å². The van der Waals surface area contributed by atoms with Gasteiger partial charge in [0.05, 0.1) is 10.6 Å². The summed E-state index contributed by atoms with van der Waals surface area (Å²) in [7, 11) is 0. The number of hydrogen-bond acceptors (Lipinski definition) is 3. The van der Waals surface area contributed by atoms with Crippen LogP contribution in [0.5, 0.6) is 5.75 Å². The molecule has 0 heterocycles. The molecule has 0 aliphatic carbocycles. The number of aliphatic carboxylic acids is 1. The van der Waals surface area contributed by atoms with E-state index >= 15 is 0 Å². The monoisotopic (exact) mass is 228 g/mol. The van der Waals surface area contributed by atoms with E-state index < -0.39 is 12.6 Å². The van der Waals surface area contributed by atoms with Gasteiger partial charge in [-0.2, -0.15) is 0 Å². The smallest absolute Gasteiger partial charge is 0.341 e. The van der Waals surface area contributed by atoms with Gasteiger partial charge in [-0.15, -0.1) is 0 Å². The molecule has 0 unspecified atom stereocenters. The highest BCUT2D eigenvalue weighted by molar-refractivity contribution is 6.34. The number of Topliss-reactive ketones (excluding diaryl/α,β-unsaturated/α-hetero) is 1. The number of carbonyl (C=O) groups excluding carboxylic acids is 1. The predicted molar refractivity (Wildman–Crippen MR) is 54.6 cm³/mol. The second kappa shape index (κ2) is 4.79. The molecule has 0 amide bonds. The minimum absolute atomic E-state index is 0.192. The summed E-state index contributed by atoms with van der Waals surface area (Å²) in [5.74, 6) is -1.18. The molecule has 0 spiro atoms. The van der Waals surface area contributed by atoms with Crippen molar-refractivity contribution in [2.75, 3.05) is 6.61 Å². The molecule has 1 aromatic rings. The fraction of sp³-hybridized carbons (Fsp3) is 0.200. The molecule has 1 N–H and O–H groups in total. The van der Waals surface area contributed by atoms with E-state index in [9.17, 15) is 9.59 Å². The van der Waals surface area contributed by atoms with Crippen molar-refractivity contribution in [3.63, 3.8) is 0 Å². The van der Waals surface area contributed by atoms with Crippen LogP contribution in [-0.4, -0.2) is 23.5 Å². The van der Waals surface area contributed by atoms with Crippen molar-refractivity contribution < 1.29 is 19.4 Å². The summed E-state index contributed by atoms with van der Waals surface area (Å²) in [4.78, 5) is 21.5. The number of ketones is 1. The van der Waals surface area contributed by atoms with Gasteiger partial charge in [0, 0.05) is 0 Å². The Bertz CT molecular complexity index is 400. The Balaban J connectivity index is 3.01. The molecule has 0 aliphatic heterocycles. The Morgan fingerprint density at radius 1 is 1.47 bits per heavy atom. The summed E-state index contributed by atoms with van der Waals surface area (Å²) in [5.41, 5.74) is 0.209. The largest absolute Gasteiger partial charge is 0.481 e. The highest BCUT2D eigenvalue weighted by Gasteiger charge is 2.13. The van der Waals surface area contributed by atoms with Crippen molar-refractivity contribution in [2.24, 2.45) is 0 Å². The Hall–Kier alpha value is -1.55. The fourth-order valence-electron chi connectivity index (χ4n) is 1.11. The summed E-state index contributed by atoms with van der Waals surface area (Å²) in [6, 6.07) is 4.64. The van der Waals surface area contributed by atoms with Crippen LogP contribution in [0.3, 0.4) is 0 Å². The van der Waals surface area contributed by atoms with Crippen molar-refractivity contribution >= 4 is 23.4 Å². The van der Waals surface area contributed by atoms with Gasteiger partial charge in [-0.1, -0.05) is 17.7 Å². The van der Waals surface area contributed by atoms with E-state index in [1.165, 1.54) is 13.0 Å². The normalized spacial score (nSPS) is 9.73. The SMILES string of the molecule is CC(=O)c1c(Cl)cccc1OCC(=O)O. The molecule has 0 aromatic heterocycles. The van der Waals surface area contributed by atoms with Gasteiger partial charge in [0.15, 0.2) is 12.4 Å². The molecule has 0 atom stereocenters. The molecule has 0 aliphatic rings. The van der Waals surface area contributed by atoms with Crippen LogP contribution in [0.4, 0.5) is 0 Å². The third-order valence-corrected chi connectivity index (χ3v) is 1.99. The Morgan fingerprint density at radius 2 is 2.13 bits per heavy atom. The van der Waals surface area contributed by atoms with Gasteiger partial charge in [-0.3, -0.25) is 4.79 Å². The molecule has 1 rings (SSSR count). The van der Waals surface area contributed by atoms with Crippen LogP contribution < -0.4 is 4.74 Å². The first-order valence-corrected chi connectivity index (χ1v) is 4.54. The maximum Gasteiger partial charge on any atom is 0.341 e. The molecule has 0 saturated heterocycles. The van der Waals surface area contributed by atoms with Crippen LogP contribution in [0.15, 0.2) is 18.2 Å². The molecule has 0 saturated carbocycles. The van der Waals surface area contributed by atoms with Crippen molar-refractivity contribution in [1.82, 2.24) is 0 Å². The van der Waals surface area contributed by atoms with E-state index in [-0.39, 0.29) is 22.1 Å². The number of carboxylic acid groups (broad SMARTS) is 1. The van der Waals surface area contributed by atoms with Crippen LogP contribution in [0.2, 0.25) is 5.02 Å². The van der Waals surface area contributed by atoms with Crippen molar-refractivity contribution in [2.45, 2.75) is 6.92 Å². The zero-order valence-electron chi connectivity index (χ0n) is 7.99. The first kappa shape index (κ1) is 11.5. The number of ether oxygens (including phenoxy) is 1. The number of benzene rings is 1. The van der Waals surface area contributed by atoms with Crippen LogP contribution in [0.25, 0.3) is 0 Å². The average Bonchev–Trinajstić information content (AvgIpc) is 2.13. The van der Waals surface area contributed by atoms with E-state index in [1.807, 2.05) is 0 Å². The third kappa shape index (κ3) is 2.95. The summed E-state index contributed by atoms with van der Waals surface area (Å²) < 4.78 is 4.94. The van der Waals surface area contributed by atoms with Crippen LogP contribution in [0.1, 0.15) is 17.3 Å². The lowest BCUT2D eigenvalue weighted by Crippen LogP contribution is -2.11. The molecule has 5 heteroatoms. The van der Waals surface area contributed by atoms with Crippen LogP contribution in [-0.2, 0) is 4.79 Å². The zero-order chi connectivity index (χ0) is 11.4. The third-order valence-electron chi connectivity index (χ3n) is 1.68. The van der Waals surface area contributed by atoms with Crippen LogP contribution in [0, 0.1) is 0 Å². The lowest BCUT2D eigenvalue weighted by molar-refractivity contribution is -0.139. The first-order chi connectivity index (χ1) is 7.02. The molecule has 80 valence electrons. The second-order valence-corrected chi connectivity index (χ2v) is 3.26. The predicted octanol–water partition coefficient (Wildman–Crippen LogP) is 2.01. The molecule has 0 fully saturated rings. The molecule has 0 bridgehead atoms. The molecule has 4 nitrogen and oxygen atoms in total. The number of rotatable bonds is 4. The maximum atomic E-state index is 11.2. The Labute approximate surface area is 91.4 Å². The Kier molecular flexibility index (Phi) is 3.68. The summed E-state index contributed by atoms with van der Waals surface area (Å²) in [6.07, 6.45) is 0. The quantitative estimate of drug-likeness (QED) is 0.801. The highest BCUT2D eigenvalue weighted by Crippen LogP contribution is 2.26. The minimum atomic E-state index is -1.11. The second-order valence-electron chi connectivity index (χ2n) is 2.85. The van der Waals surface area contributed by atoms with Gasteiger partial charge in [0.2, 0.25) is 0 Å². The van der Waals surface area contributed by atoms with E-state index in [2.05, 4.69) is 0 Å². The lowest BCUT2D eigenvalue weighted by atomic mass is 10.1. The van der Waals surface area contributed by atoms with E-state index in [0.29, 0.717) is 0 Å². The summed E-state index contributed by atoms with van der Waals surface area (Å²) in [5, 5.41) is 8.69. The van der Waals surface area contributed by atoms with Crippen molar-refractivity contribution in [1.29, 1.82) is 0 Å². The number of carbonyl (C=O) groups is 2. The number of carboxylic acids is 1. The van der Waals surface area contributed by atoms with Crippen LogP contribution >= 0.6 is 11.6 Å². The number of hydrogen-bond donors (Lipinski definition) is 1. The van der Waals surface area contributed by atoms with Crippen molar-refractivity contribution in [3.8, 4) is 5.75 Å².